The zero-order chi connectivity index (χ0) is 18.6. The van der Waals surface area contributed by atoms with Crippen molar-refractivity contribution >= 4 is 18.2 Å². The molecule has 0 saturated carbocycles. The van der Waals surface area contributed by atoms with Gasteiger partial charge in [-0.3, -0.25) is 4.98 Å². The number of halogens is 1. The summed E-state index contributed by atoms with van der Waals surface area (Å²) >= 11 is 5.17. The SMILES string of the molecule is Fc1cccc(-c2nn(CNc3nccc(-c4cccnc4)n3)c(=S)o2)c1. The van der Waals surface area contributed by atoms with E-state index in [0.29, 0.717) is 11.5 Å². The Labute approximate surface area is 158 Å². The first-order valence-electron chi connectivity index (χ1n) is 8.00. The smallest absolute Gasteiger partial charge is 0.289 e. The summed E-state index contributed by atoms with van der Waals surface area (Å²) in [5.74, 6) is 0.279. The third kappa shape index (κ3) is 3.87. The molecule has 0 aliphatic carbocycles. The molecule has 0 fully saturated rings. The third-order valence-corrected chi connectivity index (χ3v) is 3.97. The highest BCUT2D eigenvalue weighted by molar-refractivity contribution is 7.71. The van der Waals surface area contributed by atoms with Crippen molar-refractivity contribution < 1.29 is 8.81 Å². The maximum absolute atomic E-state index is 13.4. The van der Waals surface area contributed by atoms with Crippen LogP contribution in [0.4, 0.5) is 10.3 Å². The number of nitrogens with one attached hydrogen (secondary N) is 1. The molecule has 3 heterocycles. The number of aromatic nitrogens is 5. The largest absolute Gasteiger partial charge is 0.409 e. The summed E-state index contributed by atoms with van der Waals surface area (Å²) in [4.78, 5) is 12.9. The van der Waals surface area contributed by atoms with Gasteiger partial charge in [-0.15, -0.1) is 5.10 Å². The van der Waals surface area contributed by atoms with E-state index in [0.717, 1.165) is 11.3 Å². The Morgan fingerprint density at radius 1 is 1.11 bits per heavy atom. The van der Waals surface area contributed by atoms with Crippen LogP contribution in [0.15, 0.2) is 65.5 Å². The number of nitrogens with zero attached hydrogens (tertiary/aromatic N) is 5. The molecular formula is C18H13FN6OS. The van der Waals surface area contributed by atoms with Crippen LogP contribution in [0, 0.1) is 10.7 Å². The molecule has 0 bridgehead atoms. The van der Waals surface area contributed by atoms with E-state index in [1.807, 2.05) is 12.1 Å². The van der Waals surface area contributed by atoms with Crippen LogP contribution in [0.5, 0.6) is 0 Å². The molecule has 9 heteroatoms. The van der Waals surface area contributed by atoms with Gasteiger partial charge in [0.2, 0.25) is 11.8 Å². The summed E-state index contributed by atoms with van der Waals surface area (Å²) in [5, 5.41) is 7.31. The molecule has 3 aromatic heterocycles. The lowest BCUT2D eigenvalue weighted by Gasteiger charge is -2.06. The number of hydrogen-bond acceptors (Lipinski definition) is 7. The standard InChI is InChI=1S/C18H13FN6OS/c19-14-5-1-3-12(9-14)16-24-25(18(27)26-16)11-22-17-21-8-6-15(23-17)13-4-2-7-20-10-13/h1-10H,11H2,(H,21,22,23). The fourth-order valence-electron chi connectivity index (χ4n) is 2.41. The van der Waals surface area contributed by atoms with Crippen molar-refractivity contribution in [2.45, 2.75) is 6.67 Å². The number of hydrogen-bond donors (Lipinski definition) is 1. The first-order chi connectivity index (χ1) is 13.2. The monoisotopic (exact) mass is 380 g/mol. The number of benzene rings is 1. The molecule has 134 valence electrons. The highest BCUT2D eigenvalue weighted by Crippen LogP contribution is 2.19. The van der Waals surface area contributed by atoms with Gasteiger partial charge >= 0.3 is 0 Å². The van der Waals surface area contributed by atoms with Crippen molar-refractivity contribution in [2.75, 3.05) is 5.32 Å². The van der Waals surface area contributed by atoms with E-state index < -0.39 is 0 Å². The molecule has 0 unspecified atom stereocenters. The van der Waals surface area contributed by atoms with E-state index in [9.17, 15) is 4.39 Å². The van der Waals surface area contributed by atoms with Gasteiger partial charge in [-0.1, -0.05) is 6.07 Å². The van der Waals surface area contributed by atoms with Crippen LogP contribution in [0.3, 0.4) is 0 Å². The lowest BCUT2D eigenvalue weighted by atomic mass is 10.2. The maximum Gasteiger partial charge on any atom is 0.289 e. The molecule has 0 spiro atoms. The van der Waals surface area contributed by atoms with Gasteiger partial charge < -0.3 is 9.73 Å². The minimum atomic E-state index is -0.373. The molecule has 7 nitrogen and oxygen atoms in total. The second kappa shape index (κ2) is 7.42. The van der Waals surface area contributed by atoms with Crippen molar-refractivity contribution in [1.82, 2.24) is 24.7 Å². The maximum atomic E-state index is 13.4. The molecule has 0 saturated heterocycles. The topological polar surface area (TPSA) is 81.7 Å². The molecule has 1 aromatic carbocycles. The van der Waals surface area contributed by atoms with Crippen molar-refractivity contribution in [3.63, 3.8) is 0 Å². The molecule has 0 aliphatic rings. The number of rotatable bonds is 5. The Morgan fingerprint density at radius 2 is 2.00 bits per heavy atom. The predicted octanol–water partition coefficient (Wildman–Crippen LogP) is 3.93. The third-order valence-electron chi connectivity index (χ3n) is 3.68. The van der Waals surface area contributed by atoms with Crippen LogP contribution in [-0.2, 0) is 6.67 Å². The average molecular weight is 380 g/mol. The summed E-state index contributed by atoms with van der Waals surface area (Å²) in [6.07, 6.45) is 5.08. The van der Waals surface area contributed by atoms with E-state index >= 15 is 0 Å². The number of anilines is 1. The summed E-state index contributed by atoms with van der Waals surface area (Å²) < 4.78 is 20.3. The molecule has 4 aromatic rings. The van der Waals surface area contributed by atoms with Gasteiger partial charge in [0.15, 0.2) is 0 Å². The van der Waals surface area contributed by atoms with Gasteiger partial charge in [0, 0.05) is 29.7 Å². The van der Waals surface area contributed by atoms with Crippen molar-refractivity contribution in [2.24, 2.45) is 0 Å². The first-order valence-corrected chi connectivity index (χ1v) is 8.41. The van der Waals surface area contributed by atoms with Crippen LogP contribution in [0.25, 0.3) is 22.7 Å². The van der Waals surface area contributed by atoms with E-state index in [-0.39, 0.29) is 23.2 Å². The Bertz CT molecular complexity index is 1130. The molecule has 1 N–H and O–H groups in total. The molecule has 0 aliphatic heterocycles. The zero-order valence-electron chi connectivity index (χ0n) is 13.9. The van der Waals surface area contributed by atoms with Gasteiger partial charge in [-0.2, -0.15) is 0 Å². The van der Waals surface area contributed by atoms with E-state index in [4.69, 9.17) is 16.6 Å². The molecule has 0 atom stereocenters. The molecule has 4 rings (SSSR count). The van der Waals surface area contributed by atoms with Crippen LogP contribution < -0.4 is 5.32 Å². The van der Waals surface area contributed by atoms with E-state index in [2.05, 4.69) is 25.4 Å². The van der Waals surface area contributed by atoms with Gasteiger partial charge in [0.05, 0.1) is 5.69 Å². The van der Waals surface area contributed by atoms with Crippen LogP contribution in [-0.4, -0.2) is 24.7 Å². The molecule has 27 heavy (non-hydrogen) atoms. The second-order valence-electron chi connectivity index (χ2n) is 5.53. The Balaban J connectivity index is 1.52. The Kier molecular flexibility index (Phi) is 4.67. The van der Waals surface area contributed by atoms with E-state index in [1.54, 1.807) is 36.8 Å². The van der Waals surface area contributed by atoms with Crippen molar-refractivity contribution in [3.8, 4) is 22.7 Å². The predicted molar refractivity (Wildman–Crippen MR) is 99.6 cm³/mol. The summed E-state index contributed by atoms with van der Waals surface area (Å²) in [7, 11) is 0. The quantitative estimate of drug-likeness (QED) is 0.525. The van der Waals surface area contributed by atoms with Crippen LogP contribution >= 0.6 is 12.2 Å². The van der Waals surface area contributed by atoms with E-state index in [1.165, 1.54) is 16.8 Å². The van der Waals surface area contributed by atoms with Crippen molar-refractivity contribution in [3.05, 3.63) is 71.7 Å². The highest BCUT2D eigenvalue weighted by atomic mass is 32.1. The Hall–Kier alpha value is -3.46. The Morgan fingerprint density at radius 3 is 2.81 bits per heavy atom. The average Bonchev–Trinajstić information content (AvgIpc) is 3.08. The van der Waals surface area contributed by atoms with Crippen LogP contribution in [0.1, 0.15) is 0 Å². The number of pyridine rings is 1. The van der Waals surface area contributed by atoms with Gasteiger partial charge in [-0.05, 0) is 48.6 Å². The first kappa shape index (κ1) is 17.0. The van der Waals surface area contributed by atoms with Crippen LogP contribution in [0.2, 0.25) is 0 Å². The van der Waals surface area contributed by atoms with Gasteiger partial charge in [0.1, 0.15) is 12.5 Å². The minimum absolute atomic E-state index is 0.158. The summed E-state index contributed by atoms with van der Waals surface area (Å²) in [6.45, 7) is 0.203. The molecule has 0 amide bonds. The molecule has 0 radical (unpaired) electrons. The summed E-state index contributed by atoms with van der Waals surface area (Å²) in [6, 6.07) is 11.5. The highest BCUT2D eigenvalue weighted by Gasteiger charge is 2.09. The van der Waals surface area contributed by atoms with Gasteiger partial charge in [0.25, 0.3) is 4.84 Å². The van der Waals surface area contributed by atoms with Crippen molar-refractivity contribution in [1.29, 1.82) is 0 Å². The molecular weight excluding hydrogens is 367 g/mol. The van der Waals surface area contributed by atoms with Gasteiger partial charge in [-0.25, -0.2) is 19.0 Å². The summed E-state index contributed by atoms with van der Waals surface area (Å²) in [5.41, 5.74) is 2.13. The second-order valence-corrected chi connectivity index (χ2v) is 5.87. The lowest BCUT2D eigenvalue weighted by molar-refractivity contribution is 0.521. The normalized spacial score (nSPS) is 10.7. The fraction of sp³-hybridized carbons (Fsp3) is 0.0556. The fourth-order valence-corrected chi connectivity index (χ4v) is 2.59. The zero-order valence-corrected chi connectivity index (χ0v) is 14.7. The lowest BCUT2D eigenvalue weighted by Crippen LogP contribution is -2.11. The minimum Gasteiger partial charge on any atom is -0.409 e.